The molecule has 0 unspecified atom stereocenters. The zero-order valence-corrected chi connectivity index (χ0v) is 16.4. The SMILES string of the molecule is Cc1cnc2ccc(N3CC[C@H](NC(=O)c4cccn(CC5CC5)c4=O)C3)nn12. The highest BCUT2D eigenvalue weighted by Gasteiger charge is 2.27. The van der Waals surface area contributed by atoms with Gasteiger partial charge >= 0.3 is 0 Å². The molecule has 3 aromatic rings. The lowest BCUT2D eigenvalue weighted by atomic mass is 10.2. The van der Waals surface area contributed by atoms with Gasteiger partial charge in [0.05, 0.1) is 11.9 Å². The van der Waals surface area contributed by atoms with E-state index in [9.17, 15) is 9.59 Å². The van der Waals surface area contributed by atoms with Crippen molar-refractivity contribution in [2.75, 3.05) is 18.0 Å². The molecule has 0 bridgehead atoms. The number of rotatable bonds is 5. The summed E-state index contributed by atoms with van der Waals surface area (Å²) in [6.07, 6.45) is 6.72. The van der Waals surface area contributed by atoms with Gasteiger partial charge in [-0.25, -0.2) is 9.50 Å². The van der Waals surface area contributed by atoms with Gasteiger partial charge in [-0.05, 0) is 56.4 Å². The van der Waals surface area contributed by atoms with Crippen LogP contribution in [0.3, 0.4) is 0 Å². The number of imidazole rings is 1. The first kappa shape index (κ1) is 17.9. The van der Waals surface area contributed by atoms with E-state index in [1.165, 1.54) is 12.8 Å². The van der Waals surface area contributed by atoms with Crippen LogP contribution in [-0.4, -0.2) is 44.2 Å². The van der Waals surface area contributed by atoms with E-state index >= 15 is 0 Å². The van der Waals surface area contributed by atoms with Gasteiger partial charge in [0.1, 0.15) is 11.4 Å². The second-order valence-corrected chi connectivity index (χ2v) is 8.09. The minimum atomic E-state index is -0.291. The number of anilines is 1. The van der Waals surface area contributed by atoms with Gasteiger partial charge in [0.15, 0.2) is 5.65 Å². The Hall–Kier alpha value is -3.16. The van der Waals surface area contributed by atoms with Crippen LogP contribution in [0.1, 0.15) is 35.3 Å². The number of nitrogens with zero attached hydrogens (tertiary/aromatic N) is 5. The summed E-state index contributed by atoms with van der Waals surface area (Å²) in [7, 11) is 0. The number of hydrogen-bond donors (Lipinski definition) is 1. The largest absolute Gasteiger partial charge is 0.353 e. The highest BCUT2D eigenvalue weighted by Crippen LogP contribution is 2.30. The lowest BCUT2D eigenvalue weighted by Gasteiger charge is -2.18. The second kappa shape index (κ2) is 7.02. The first-order valence-corrected chi connectivity index (χ1v) is 10.1. The number of aromatic nitrogens is 4. The van der Waals surface area contributed by atoms with Crippen molar-refractivity contribution in [2.45, 2.75) is 38.8 Å². The van der Waals surface area contributed by atoms with Crippen molar-refractivity contribution >= 4 is 17.4 Å². The first-order chi connectivity index (χ1) is 14.1. The predicted molar refractivity (Wildman–Crippen MR) is 109 cm³/mol. The summed E-state index contributed by atoms with van der Waals surface area (Å²) in [5.74, 6) is 1.15. The number of carbonyl (C=O) groups excluding carboxylic acids is 1. The fraction of sp³-hybridized carbons (Fsp3) is 0.429. The highest BCUT2D eigenvalue weighted by molar-refractivity contribution is 5.94. The molecule has 3 aromatic heterocycles. The molecule has 1 saturated heterocycles. The van der Waals surface area contributed by atoms with Crippen molar-refractivity contribution in [3.8, 4) is 0 Å². The summed E-state index contributed by atoms with van der Waals surface area (Å²) >= 11 is 0. The molecular formula is C21H24N6O2. The molecule has 8 nitrogen and oxygen atoms in total. The Morgan fingerprint density at radius 1 is 1.24 bits per heavy atom. The van der Waals surface area contributed by atoms with Gasteiger partial charge in [-0.1, -0.05) is 0 Å². The summed E-state index contributed by atoms with van der Waals surface area (Å²) in [5, 5.41) is 7.70. The topological polar surface area (TPSA) is 84.5 Å². The van der Waals surface area contributed by atoms with Crippen LogP contribution in [0.15, 0.2) is 41.5 Å². The van der Waals surface area contributed by atoms with Crippen LogP contribution in [0.2, 0.25) is 0 Å². The molecule has 29 heavy (non-hydrogen) atoms. The summed E-state index contributed by atoms with van der Waals surface area (Å²) in [6.45, 7) is 4.15. The summed E-state index contributed by atoms with van der Waals surface area (Å²) in [6, 6.07) is 7.30. The van der Waals surface area contributed by atoms with Crippen molar-refractivity contribution in [3.05, 3.63) is 58.3 Å². The van der Waals surface area contributed by atoms with Crippen LogP contribution >= 0.6 is 0 Å². The third-order valence-corrected chi connectivity index (χ3v) is 5.78. The highest BCUT2D eigenvalue weighted by atomic mass is 16.2. The second-order valence-electron chi connectivity index (χ2n) is 8.09. The molecule has 2 aliphatic rings. The molecular weight excluding hydrogens is 368 g/mol. The molecule has 0 radical (unpaired) electrons. The van der Waals surface area contributed by atoms with Gasteiger partial charge in [0.2, 0.25) is 0 Å². The molecule has 1 saturated carbocycles. The monoisotopic (exact) mass is 392 g/mol. The third kappa shape index (κ3) is 3.50. The van der Waals surface area contributed by atoms with Gasteiger partial charge in [-0.3, -0.25) is 9.59 Å². The van der Waals surface area contributed by atoms with Crippen LogP contribution in [0.25, 0.3) is 5.65 Å². The minimum Gasteiger partial charge on any atom is -0.353 e. The maximum atomic E-state index is 12.7. The molecule has 0 spiro atoms. The number of hydrogen-bond acceptors (Lipinski definition) is 5. The first-order valence-electron chi connectivity index (χ1n) is 10.1. The molecule has 8 heteroatoms. The normalized spacial score (nSPS) is 19.1. The fourth-order valence-electron chi connectivity index (χ4n) is 3.93. The molecule has 5 rings (SSSR count). The third-order valence-electron chi connectivity index (χ3n) is 5.78. The maximum absolute atomic E-state index is 12.7. The van der Waals surface area contributed by atoms with E-state index in [0.717, 1.165) is 30.1 Å². The molecule has 1 amide bonds. The quantitative estimate of drug-likeness (QED) is 0.713. The zero-order valence-electron chi connectivity index (χ0n) is 16.4. The Bertz CT molecular complexity index is 1130. The van der Waals surface area contributed by atoms with Crippen molar-refractivity contribution in [1.82, 2.24) is 24.5 Å². The van der Waals surface area contributed by atoms with Crippen molar-refractivity contribution < 1.29 is 4.79 Å². The Morgan fingerprint density at radius 3 is 2.93 bits per heavy atom. The van der Waals surface area contributed by atoms with E-state index in [1.54, 1.807) is 29.1 Å². The molecule has 150 valence electrons. The molecule has 0 aromatic carbocycles. The number of carbonyl (C=O) groups is 1. The maximum Gasteiger partial charge on any atom is 0.263 e. The van der Waals surface area contributed by atoms with E-state index in [-0.39, 0.29) is 23.1 Å². The Morgan fingerprint density at radius 2 is 2.10 bits per heavy atom. The number of fused-ring (bicyclic) bond motifs is 1. The molecule has 1 atom stereocenters. The molecule has 4 heterocycles. The lowest BCUT2D eigenvalue weighted by Crippen LogP contribution is -2.40. The predicted octanol–water partition coefficient (Wildman–Crippen LogP) is 1.62. The van der Waals surface area contributed by atoms with Gasteiger partial charge < -0.3 is 14.8 Å². The number of aryl methyl sites for hydroxylation is 1. The van der Waals surface area contributed by atoms with Crippen molar-refractivity contribution in [1.29, 1.82) is 0 Å². The minimum absolute atomic E-state index is 0.0135. The van der Waals surface area contributed by atoms with E-state index in [1.807, 2.05) is 23.6 Å². The van der Waals surface area contributed by atoms with Gasteiger partial charge in [-0.15, -0.1) is 5.10 Å². The Balaban J connectivity index is 1.27. The van der Waals surface area contributed by atoms with Crippen LogP contribution in [-0.2, 0) is 6.54 Å². The van der Waals surface area contributed by atoms with Gasteiger partial charge in [0.25, 0.3) is 11.5 Å². The fourth-order valence-corrected chi connectivity index (χ4v) is 3.93. The zero-order chi connectivity index (χ0) is 20.0. The van der Waals surface area contributed by atoms with E-state index in [0.29, 0.717) is 19.0 Å². The Kier molecular flexibility index (Phi) is 4.34. The van der Waals surface area contributed by atoms with Crippen LogP contribution in [0, 0.1) is 12.8 Å². The number of nitrogens with one attached hydrogen (secondary N) is 1. The average Bonchev–Trinajstić information content (AvgIpc) is 3.29. The van der Waals surface area contributed by atoms with Crippen LogP contribution in [0.5, 0.6) is 0 Å². The van der Waals surface area contributed by atoms with Gasteiger partial charge in [0, 0.05) is 31.9 Å². The molecule has 1 aliphatic carbocycles. The number of pyridine rings is 1. The van der Waals surface area contributed by atoms with Crippen molar-refractivity contribution in [3.63, 3.8) is 0 Å². The van der Waals surface area contributed by atoms with E-state index < -0.39 is 0 Å². The van der Waals surface area contributed by atoms with Crippen molar-refractivity contribution in [2.24, 2.45) is 5.92 Å². The summed E-state index contributed by atoms with van der Waals surface area (Å²) in [4.78, 5) is 31.8. The summed E-state index contributed by atoms with van der Waals surface area (Å²) < 4.78 is 3.49. The van der Waals surface area contributed by atoms with E-state index in [2.05, 4.69) is 20.3 Å². The van der Waals surface area contributed by atoms with Crippen LogP contribution < -0.4 is 15.8 Å². The van der Waals surface area contributed by atoms with E-state index in [4.69, 9.17) is 0 Å². The lowest BCUT2D eigenvalue weighted by molar-refractivity contribution is 0.0938. The summed E-state index contributed by atoms with van der Waals surface area (Å²) in [5.41, 5.74) is 1.83. The standard InChI is InChI=1S/C21H24N6O2/c1-14-11-22-18-6-7-19(24-27(14)18)25-10-8-16(13-25)23-20(28)17-3-2-9-26(21(17)29)12-15-4-5-15/h2-3,6-7,9,11,15-16H,4-5,8,10,12-13H2,1H3,(H,23,28)/t16-/m0/s1. The van der Waals surface area contributed by atoms with Crippen LogP contribution in [0.4, 0.5) is 5.82 Å². The smallest absolute Gasteiger partial charge is 0.263 e. The Labute approximate surface area is 168 Å². The molecule has 2 fully saturated rings. The average molecular weight is 392 g/mol. The number of amides is 1. The molecule has 1 N–H and O–H groups in total. The van der Waals surface area contributed by atoms with Gasteiger partial charge in [-0.2, -0.15) is 0 Å². The molecule has 1 aliphatic heterocycles.